The fourth-order valence-electron chi connectivity index (χ4n) is 2.87. The number of primary amides is 1. The predicted molar refractivity (Wildman–Crippen MR) is 119 cm³/mol. The van der Waals surface area contributed by atoms with Crippen molar-refractivity contribution in [1.29, 1.82) is 0 Å². The number of aromatic nitrogens is 2. The molecule has 9 nitrogen and oxygen atoms in total. The number of nitrogens with two attached hydrogens (primary N) is 1. The predicted octanol–water partition coefficient (Wildman–Crippen LogP) is 1.21. The summed E-state index contributed by atoms with van der Waals surface area (Å²) >= 11 is 0. The number of amides is 2. The molecular weight excluding hydrogens is 382 g/mol. The van der Waals surface area contributed by atoms with Gasteiger partial charge in [0.2, 0.25) is 5.91 Å². The molecule has 2 rings (SSSR count). The van der Waals surface area contributed by atoms with Crippen LogP contribution in [0.15, 0.2) is 24.3 Å². The fourth-order valence-corrected chi connectivity index (χ4v) is 2.87. The van der Waals surface area contributed by atoms with Crippen LogP contribution in [0.2, 0.25) is 0 Å². The van der Waals surface area contributed by atoms with E-state index in [2.05, 4.69) is 25.9 Å². The van der Waals surface area contributed by atoms with Crippen LogP contribution < -0.4 is 26.6 Å². The Kier molecular flexibility index (Phi) is 8.11. The normalized spacial score (nSPS) is 11.6. The van der Waals surface area contributed by atoms with Gasteiger partial charge in [-0.3, -0.25) is 9.59 Å². The summed E-state index contributed by atoms with van der Waals surface area (Å²) in [4.78, 5) is 34.7. The lowest BCUT2D eigenvalue weighted by Gasteiger charge is -2.18. The van der Waals surface area contributed by atoms with Gasteiger partial charge < -0.3 is 26.6 Å². The van der Waals surface area contributed by atoms with Crippen LogP contribution in [-0.4, -0.2) is 55.5 Å². The minimum atomic E-state index is -0.637. The largest absolute Gasteiger partial charge is 0.364 e. The molecule has 2 aromatic rings. The molecule has 1 heterocycles. The third-order valence-electron chi connectivity index (χ3n) is 4.67. The molecule has 1 aromatic carbocycles. The number of benzene rings is 1. The van der Waals surface area contributed by atoms with Crippen molar-refractivity contribution in [1.82, 2.24) is 20.6 Å². The summed E-state index contributed by atoms with van der Waals surface area (Å²) in [5, 5.41) is 8.97. The maximum atomic E-state index is 11.9. The summed E-state index contributed by atoms with van der Waals surface area (Å²) in [6.07, 6.45) is 1.30. The highest BCUT2D eigenvalue weighted by Gasteiger charge is 2.18. The molecule has 0 saturated heterocycles. The van der Waals surface area contributed by atoms with Crippen molar-refractivity contribution < 1.29 is 9.59 Å². The molecule has 9 heteroatoms. The molecule has 0 spiro atoms. The molecule has 0 saturated carbocycles. The monoisotopic (exact) mass is 413 g/mol. The minimum Gasteiger partial charge on any atom is -0.364 e. The van der Waals surface area contributed by atoms with Crippen molar-refractivity contribution in [3.8, 4) is 0 Å². The van der Waals surface area contributed by atoms with Crippen molar-refractivity contribution in [3.63, 3.8) is 0 Å². The summed E-state index contributed by atoms with van der Waals surface area (Å²) in [7, 11) is 5.50. The zero-order chi connectivity index (χ0) is 22.3. The highest BCUT2D eigenvalue weighted by atomic mass is 16.2. The molecule has 0 fully saturated rings. The van der Waals surface area contributed by atoms with E-state index >= 15 is 0 Å². The number of aryl methyl sites for hydroxylation is 1. The molecule has 0 aliphatic heterocycles. The highest BCUT2D eigenvalue weighted by molar-refractivity contribution is 5.96. The smallest absolute Gasteiger partial charge is 0.271 e. The van der Waals surface area contributed by atoms with E-state index in [1.165, 1.54) is 0 Å². The van der Waals surface area contributed by atoms with Crippen molar-refractivity contribution >= 4 is 29.1 Å². The molecule has 162 valence electrons. The Morgan fingerprint density at radius 3 is 2.57 bits per heavy atom. The van der Waals surface area contributed by atoms with Crippen molar-refractivity contribution in [2.75, 3.05) is 37.9 Å². The Balaban J connectivity index is 2.20. The number of carbonyl (C=O) groups is 2. The lowest BCUT2D eigenvalue weighted by molar-refractivity contribution is -0.122. The van der Waals surface area contributed by atoms with Gasteiger partial charge in [-0.05, 0) is 44.5 Å². The average molecular weight is 414 g/mol. The van der Waals surface area contributed by atoms with Crippen molar-refractivity contribution in [2.24, 2.45) is 5.73 Å². The van der Waals surface area contributed by atoms with E-state index in [9.17, 15) is 9.59 Å². The summed E-state index contributed by atoms with van der Waals surface area (Å²) in [5.74, 6) is 0.321. The van der Waals surface area contributed by atoms with Gasteiger partial charge in [-0.25, -0.2) is 9.97 Å². The Bertz CT molecular complexity index is 899. The molecule has 0 bridgehead atoms. The first-order valence-corrected chi connectivity index (χ1v) is 9.95. The summed E-state index contributed by atoms with van der Waals surface area (Å²) in [6.45, 7) is 4.29. The zero-order valence-electron chi connectivity index (χ0n) is 18.2. The molecule has 1 unspecified atom stereocenters. The zero-order valence-corrected chi connectivity index (χ0v) is 18.2. The first kappa shape index (κ1) is 23.1. The van der Waals surface area contributed by atoms with Crippen LogP contribution in [0, 0.1) is 0 Å². The summed E-state index contributed by atoms with van der Waals surface area (Å²) in [5.41, 5.74) is 8.14. The maximum Gasteiger partial charge on any atom is 0.271 e. The first-order valence-electron chi connectivity index (χ1n) is 9.95. The van der Waals surface area contributed by atoms with Crippen molar-refractivity contribution in [2.45, 2.75) is 32.7 Å². The van der Waals surface area contributed by atoms with E-state index in [0.29, 0.717) is 36.7 Å². The van der Waals surface area contributed by atoms with Crippen molar-refractivity contribution in [3.05, 3.63) is 41.2 Å². The topological polar surface area (TPSA) is 125 Å². The third kappa shape index (κ3) is 5.90. The van der Waals surface area contributed by atoms with Crippen LogP contribution in [0.5, 0.6) is 0 Å². The van der Waals surface area contributed by atoms with Crippen LogP contribution >= 0.6 is 0 Å². The number of carbonyl (C=O) groups excluding carboxylic acids is 2. The van der Waals surface area contributed by atoms with E-state index in [-0.39, 0.29) is 17.6 Å². The molecule has 1 atom stereocenters. The first-order chi connectivity index (χ1) is 14.3. The quantitative estimate of drug-likeness (QED) is 0.461. The fraction of sp³-hybridized carbons (Fsp3) is 0.429. The van der Waals surface area contributed by atoms with E-state index in [0.717, 1.165) is 11.3 Å². The van der Waals surface area contributed by atoms with E-state index < -0.39 is 5.91 Å². The second-order valence-corrected chi connectivity index (χ2v) is 7.18. The number of nitrogens with one attached hydrogen (secondary N) is 3. The van der Waals surface area contributed by atoms with Gasteiger partial charge in [-0.1, -0.05) is 19.1 Å². The summed E-state index contributed by atoms with van der Waals surface area (Å²) < 4.78 is 0. The lowest BCUT2D eigenvalue weighted by atomic mass is 10.1. The lowest BCUT2D eigenvalue weighted by Crippen LogP contribution is -2.41. The minimum absolute atomic E-state index is 0.0413. The van der Waals surface area contributed by atoms with E-state index in [1.807, 2.05) is 57.1 Å². The molecule has 0 radical (unpaired) electrons. The standard InChI is InChI=1S/C21H31N7O2/c1-6-16-20(28(4)5)27-19(17(26-16)18(22)29)25-15-9-7-8-14(12-15)10-11-24-21(30)13(2)23-3/h7-9,12-13,23H,6,10-11H2,1-5H3,(H2,22,29)(H,24,30)(H,25,27). The number of rotatable bonds is 10. The second-order valence-electron chi connectivity index (χ2n) is 7.18. The molecule has 0 aliphatic carbocycles. The van der Waals surface area contributed by atoms with Crippen LogP contribution in [0.4, 0.5) is 17.3 Å². The molecule has 30 heavy (non-hydrogen) atoms. The van der Waals surface area contributed by atoms with E-state index in [4.69, 9.17) is 5.73 Å². The molecule has 1 aromatic heterocycles. The molecular formula is C21H31N7O2. The number of nitrogens with zero attached hydrogens (tertiary/aromatic N) is 3. The van der Waals surface area contributed by atoms with Gasteiger partial charge in [0.05, 0.1) is 11.7 Å². The van der Waals surface area contributed by atoms with Gasteiger partial charge in [0, 0.05) is 26.3 Å². The Hall–Kier alpha value is -3.20. The third-order valence-corrected chi connectivity index (χ3v) is 4.67. The summed E-state index contributed by atoms with van der Waals surface area (Å²) in [6, 6.07) is 7.47. The van der Waals surface area contributed by atoms with Gasteiger partial charge in [0.25, 0.3) is 5.91 Å². The highest BCUT2D eigenvalue weighted by Crippen LogP contribution is 2.24. The number of anilines is 3. The van der Waals surface area contributed by atoms with Gasteiger partial charge >= 0.3 is 0 Å². The SMILES string of the molecule is CCc1nc(C(N)=O)c(Nc2cccc(CCNC(=O)C(C)NC)c2)nc1N(C)C. The van der Waals surface area contributed by atoms with Crippen LogP contribution in [-0.2, 0) is 17.6 Å². The van der Waals surface area contributed by atoms with Gasteiger partial charge in [-0.2, -0.15) is 0 Å². The van der Waals surface area contributed by atoms with Gasteiger partial charge in [-0.15, -0.1) is 0 Å². The molecule has 5 N–H and O–H groups in total. The number of hydrogen-bond acceptors (Lipinski definition) is 7. The molecule has 2 amide bonds. The second kappa shape index (κ2) is 10.5. The number of likely N-dealkylation sites (N-methyl/N-ethyl adjacent to an activating group) is 1. The van der Waals surface area contributed by atoms with Gasteiger partial charge in [0.15, 0.2) is 17.3 Å². The van der Waals surface area contributed by atoms with Crippen LogP contribution in [0.1, 0.15) is 35.6 Å². The molecule has 0 aliphatic rings. The van der Waals surface area contributed by atoms with Crippen LogP contribution in [0.3, 0.4) is 0 Å². The maximum absolute atomic E-state index is 11.9. The van der Waals surface area contributed by atoms with Crippen LogP contribution in [0.25, 0.3) is 0 Å². The Labute approximate surface area is 177 Å². The Morgan fingerprint density at radius 1 is 1.23 bits per heavy atom. The average Bonchev–Trinajstić information content (AvgIpc) is 2.72. The van der Waals surface area contributed by atoms with E-state index in [1.54, 1.807) is 7.05 Å². The number of hydrogen-bond donors (Lipinski definition) is 4. The van der Waals surface area contributed by atoms with Gasteiger partial charge in [0.1, 0.15) is 0 Å². The Morgan fingerprint density at radius 2 is 1.97 bits per heavy atom.